The molecule has 3 aromatic rings. The standard InChI is InChI=1S/C19H18FN3O2S/c1-13-5-6-17(10-22-13)25-11-18-23-16(12-26-18)7-8-21-19(24)14-3-2-4-15(20)9-14/h2-6,9-10,12H,7-8,11H2,1H3,(H,21,24). The summed E-state index contributed by atoms with van der Waals surface area (Å²) >= 11 is 1.51. The molecule has 2 heterocycles. The average Bonchev–Trinajstić information content (AvgIpc) is 3.09. The minimum Gasteiger partial charge on any atom is -0.485 e. The van der Waals surface area contributed by atoms with Crippen LogP contribution in [0.15, 0.2) is 48.0 Å². The summed E-state index contributed by atoms with van der Waals surface area (Å²) in [6, 6.07) is 9.38. The van der Waals surface area contributed by atoms with Crippen molar-refractivity contribution >= 4 is 17.2 Å². The van der Waals surface area contributed by atoms with Crippen LogP contribution in [0.2, 0.25) is 0 Å². The zero-order valence-electron chi connectivity index (χ0n) is 14.2. The zero-order valence-corrected chi connectivity index (χ0v) is 15.1. The van der Waals surface area contributed by atoms with Gasteiger partial charge < -0.3 is 10.1 Å². The van der Waals surface area contributed by atoms with Gasteiger partial charge in [0.15, 0.2) is 0 Å². The van der Waals surface area contributed by atoms with Crippen LogP contribution >= 0.6 is 11.3 Å². The second-order valence-electron chi connectivity index (χ2n) is 5.67. The van der Waals surface area contributed by atoms with Crippen LogP contribution in [0.5, 0.6) is 5.75 Å². The van der Waals surface area contributed by atoms with Crippen LogP contribution in [0.1, 0.15) is 26.8 Å². The molecule has 0 aliphatic carbocycles. The van der Waals surface area contributed by atoms with Gasteiger partial charge in [0.25, 0.3) is 5.91 Å². The van der Waals surface area contributed by atoms with E-state index in [0.29, 0.717) is 30.9 Å². The maximum atomic E-state index is 13.1. The molecule has 26 heavy (non-hydrogen) atoms. The van der Waals surface area contributed by atoms with E-state index in [4.69, 9.17) is 4.74 Å². The number of amides is 1. The number of aromatic nitrogens is 2. The number of benzene rings is 1. The Morgan fingerprint density at radius 1 is 1.31 bits per heavy atom. The van der Waals surface area contributed by atoms with Crippen LogP contribution in [-0.2, 0) is 13.0 Å². The Labute approximate surface area is 154 Å². The quantitative estimate of drug-likeness (QED) is 0.690. The number of aryl methyl sites for hydroxylation is 1. The highest BCUT2D eigenvalue weighted by molar-refractivity contribution is 7.09. The minimum absolute atomic E-state index is 0.296. The van der Waals surface area contributed by atoms with Gasteiger partial charge in [-0.15, -0.1) is 11.3 Å². The van der Waals surface area contributed by atoms with Gasteiger partial charge >= 0.3 is 0 Å². The lowest BCUT2D eigenvalue weighted by Gasteiger charge is -2.04. The van der Waals surface area contributed by atoms with Crippen LogP contribution in [0.4, 0.5) is 4.39 Å². The summed E-state index contributed by atoms with van der Waals surface area (Å²) in [7, 11) is 0. The summed E-state index contributed by atoms with van der Waals surface area (Å²) in [5, 5.41) is 5.57. The molecule has 1 aromatic carbocycles. The van der Waals surface area contributed by atoms with Crippen molar-refractivity contribution in [2.75, 3.05) is 6.54 Å². The predicted molar refractivity (Wildman–Crippen MR) is 97.9 cm³/mol. The topological polar surface area (TPSA) is 64.1 Å². The molecule has 0 aliphatic heterocycles. The summed E-state index contributed by atoms with van der Waals surface area (Å²) in [6.07, 6.45) is 2.29. The number of pyridine rings is 1. The number of hydrogen-bond donors (Lipinski definition) is 1. The van der Waals surface area contributed by atoms with Crippen LogP contribution < -0.4 is 10.1 Å². The lowest BCUT2D eigenvalue weighted by atomic mass is 10.2. The van der Waals surface area contributed by atoms with Crippen molar-refractivity contribution < 1.29 is 13.9 Å². The molecule has 0 radical (unpaired) electrons. The van der Waals surface area contributed by atoms with Crippen molar-refractivity contribution in [1.82, 2.24) is 15.3 Å². The van der Waals surface area contributed by atoms with E-state index in [1.807, 2.05) is 24.4 Å². The maximum absolute atomic E-state index is 13.1. The van der Waals surface area contributed by atoms with E-state index < -0.39 is 5.82 Å². The lowest BCUT2D eigenvalue weighted by molar-refractivity contribution is 0.0953. The first kappa shape index (κ1) is 18.0. The average molecular weight is 371 g/mol. The van der Waals surface area contributed by atoms with Crippen LogP contribution in [0.3, 0.4) is 0 Å². The van der Waals surface area contributed by atoms with Crippen LogP contribution in [-0.4, -0.2) is 22.4 Å². The van der Waals surface area contributed by atoms with E-state index >= 15 is 0 Å². The molecule has 0 bridgehead atoms. The SMILES string of the molecule is Cc1ccc(OCc2nc(CCNC(=O)c3cccc(F)c3)cs2)cn1. The first-order chi connectivity index (χ1) is 12.6. The van der Waals surface area contributed by atoms with Crippen molar-refractivity contribution in [2.24, 2.45) is 0 Å². The van der Waals surface area contributed by atoms with Gasteiger partial charge in [0.2, 0.25) is 0 Å². The number of halogens is 1. The highest BCUT2D eigenvalue weighted by Gasteiger charge is 2.07. The number of nitrogens with zero attached hydrogens (tertiary/aromatic N) is 2. The molecule has 0 saturated heterocycles. The van der Waals surface area contributed by atoms with Crippen molar-refractivity contribution in [1.29, 1.82) is 0 Å². The van der Waals surface area contributed by atoms with Gasteiger partial charge in [0.05, 0.1) is 11.9 Å². The highest BCUT2D eigenvalue weighted by atomic mass is 32.1. The Hall–Kier alpha value is -2.80. The van der Waals surface area contributed by atoms with Crippen molar-refractivity contribution in [2.45, 2.75) is 20.0 Å². The van der Waals surface area contributed by atoms with E-state index in [1.165, 1.54) is 29.5 Å². The van der Waals surface area contributed by atoms with Crippen molar-refractivity contribution in [3.8, 4) is 5.75 Å². The molecule has 2 aromatic heterocycles. The van der Waals surface area contributed by atoms with Gasteiger partial charge in [-0.05, 0) is 37.3 Å². The fraction of sp³-hybridized carbons (Fsp3) is 0.211. The molecule has 0 spiro atoms. The number of carbonyl (C=O) groups is 1. The molecular weight excluding hydrogens is 353 g/mol. The molecule has 3 rings (SSSR count). The first-order valence-corrected chi connectivity index (χ1v) is 9.00. The molecule has 5 nitrogen and oxygen atoms in total. The molecule has 1 N–H and O–H groups in total. The van der Waals surface area contributed by atoms with Gasteiger partial charge in [0, 0.05) is 29.6 Å². The summed E-state index contributed by atoms with van der Waals surface area (Å²) in [6.45, 7) is 2.73. The smallest absolute Gasteiger partial charge is 0.251 e. The number of hydrogen-bond acceptors (Lipinski definition) is 5. The Kier molecular flexibility index (Phi) is 5.91. The summed E-state index contributed by atoms with van der Waals surface area (Å²) < 4.78 is 18.8. The molecule has 0 saturated carbocycles. The number of ether oxygens (including phenoxy) is 1. The lowest BCUT2D eigenvalue weighted by Crippen LogP contribution is -2.25. The Morgan fingerprint density at radius 2 is 2.19 bits per heavy atom. The van der Waals surface area contributed by atoms with E-state index in [1.54, 1.807) is 12.3 Å². The third-order valence-corrected chi connectivity index (χ3v) is 4.47. The number of rotatable bonds is 7. The number of nitrogens with one attached hydrogen (secondary N) is 1. The molecule has 0 atom stereocenters. The largest absolute Gasteiger partial charge is 0.485 e. The third-order valence-electron chi connectivity index (χ3n) is 3.60. The maximum Gasteiger partial charge on any atom is 0.251 e. The fourth-order valence-electron chi connectivity index (χ4n) is 2.25. The summed E-state index contributed by atoms with van der Waals surface area (Å²) in [5.41, 5.74) is 2.13. The van der Waals surface area contributed by atoms with Crippen molar-refractivity contribution in [3.05, 3.63) is 75.8 Å². The van der Waals surface area contributed by atoms with Gasteiger partial charge in [-0.2, -0.15) is 0 Å². The van der Waals surface area contributed by atoms with Gasteiger partial charge in [0.1, 0.15) is 23.2 Å². The predicted octanol–water partition coefficient (Wildman–Crippen LogP) is 3.54. The van der Waals surface area contributed by atoms with Gasteiger partial charge in [-0.1, -0.05) is 6.07 Å². The molecule has 0 fully saturated rings. The van der Waals surface area contributed by atoms with E-state index in [2.05, 4.69) is 15.3 Å². The summed E-state index contributed by atoms with van der Waals surface area (Å²) in [5.74, 6) is -0.0181. The monoisotopic (exact) mass is 371 g/mol. The molecule has 1 amide bonds. The molecule has 134 valence electrons. The van der Waals surface area contributed by atoms with E-state index in [0.717, 1.165) is 16.4 Å². The van der Waals surface area contributed by atoms with Crippen LogP contribution in [0.25, 0.3) is 0 Å². The Bertz CT molecular complexity index is 881. The summed E-state index contributed by atoms with van der Waals surface area (Å²) in [4.78, 5) is 20.6. The minimum atomic E-state index is -0.425. The second-order valence-corrected chi connectivity index (χ2v) is 6.62. The number of carbonyl (C=O) groups excluding carboxylic acids is 1. The molecular formula is C19H18FN3O2S. The first-order valence-electron chi connectivity index (χ1n) is 8.12. The zero-order chi connectivity index (χ0) is 18.4. The second kappa shape index (κ2) is 8.53. The van der Waals surface area contributed by atoms with Gasteiger partial charge in [-0.3, -0.25) is 9.78 Å². The molecule has 0 unspecified atom stereocenters. The van der Waals surface area contributed by atoms with Crippen molar-refractivity contribution in [3.63, 3.8) is 0 Å². The van der Waals surface area contributed by atoms with Crippen LogP contribution in [0, 0.1) is 12.7 Å². The highest BCUT2D eigenvalue weighted by Crippen LogP contribution is 2.15. The Balaban J connectivity index is 1.45. The molecule has 0 aliphatic rings. The Morgan fingerprint density at radius 3 is 2.96 bits per heavy atom. The normalized spacial score (nSPS) is 10.5. The van der Waals surface area contributed by atoms with E-state index in [-0.39, 0.29) is 5.91 Å². The molecule has 7 heteroatoms. The third kappa shape index (κ3) is 5.10. The fourth-order valence-corrected chi connectivity index (χ4v) is 2.99. The van der Waals surface area contributed by atoms with E-state index in [9.17, 15) is 9.18 Å². The van der Waals surface area contributed by atoms with Gasteiger partial charge in [-0.25, -0.2) is 9.37 Å². The number of thiazole rings is 1.